The van der Waals surface area contributed by atoms with E-state index in [9.17, 15) is 4.79 Å². The maximum atomic E-state index is 11.5. The van der Waals surface area contributed by atoms with Gasteiger partial charge in [-0.25, -0.2) is 9.97 Å². The number of Topliss-reactive ketones (excluding diaryl/α,β-unsaturated/α-hetero) is 1. The molecule has 0 amide bonds. The van der Waals surface area contributed by atoms with E-state index in [0.29, 0.717) is 0 Å². The van der Waals surface area contributed by atoms with Gasteiger partial charge in [0, 0.05) is 12.7 Å². The van der Waals surface area contributed by atoms with Crippen LogP contribution in [0.5, 0.6) is 0 Å². The molecule has 4 nitrogen and oxygen atoms in total. The Morgan fingerprint density at radius 2 is 2.47 bits per heavy atom. The van der Waals surface area contributed by atoms with Crippen molar-refractivity contribution in [3.05, 3.63) is 18.6 Å². The molecule has 1 unspecified atom stereocenters. The van der Waals surface area contributed by atoms with Gasteiger partial charge in [-0.15, -0.1) is 0 Å². The van der Waals surface area contributed by atoms with Gasteiger partial charge in [0.1, 0.15) is 5.82 Å². The van der Waals surface area contributed by atoms with Crippen LogP contribution < -0.4 is 4.90 Å². The number of hydrogen-bond acceptors (Lipinski definition) is 4. The van der Waals surface area contributed by atoms with Crippen LogP contribution in [-0.2, 0) is 4.79 Å². The largest absolute Gasteiger partial charge is 0.346 e. The Hall–Kier alpha value is -1.45. The highest BCUT2D eigenvalue weighted by atomic mass is 16.1. The fourth-order valence-electron chi connectivity index (χ4n) is 2.04. The summed E-state index contributed by atoms with van der Waals surface area (Å²) in [6.07, 6.45) is 7.39. The van der Waals surface area contributed by atoms with Crippen molar-refractivity contribution < 1.29 is 4.79 Å². The molecule has 1 saturated heterocycles. The summed E-state index contributed by atoms with van der Waals surface area (Å²) in [6.45, 7) is 2.54. The van der Waals surface area contributed by atoms with Crippen molar-refractivity contribution >= 4 is 11.6 Å². The first-order chi connectivity index (χ1) is 7.29. The molecule has 1 fully saturated rings. The Kier molecular flexibility index (Phi) is 2.94. The first-order valence-electron chi connectivity index (χ1n) is 5.25. The molecule has 1 atom stereocenters. The molecular formula is C11H14N3O. The molecule has 1 aromatic heterocycles. The fraction of sp³-hybridized carbons (Fsp3) is 0.545. The Bertz CT molecular complexity index is 339. The van der Waals surface area contributed by atoms with Crippen molar-refractivity contribution in [1.82, 2.24) is 9.97 Å². The maximum absolute atomic E-state index is 11.5. The maximum Gasteiger partial charge on any atom is 0.199 e. The van der Waals surface area contributed by atoms with Crippen LogP contribution >= 0.6 is 0 Å². The third-order valence-electron chi connectivity index (χ3n) is 2.79. The Labute approximate surface area is 89.3 Å². The number of piperidine rings is 1. The molecule has 15 heavy (non-hydrogen) atoms. The molecule has 1 radical (unpaired) electrons. The van der Waals surface area contributed by atoms with Gasteiger partial charge >= 0.3 is 0 Å². The minimum Gasteiger partial charge on any atom is -0.346 e. The number of carbonyl (C=O) groups is 1. The van der Waals surface area contributed by atoms with Crippen LogP contribution in [0.2, 0.25) is 0 Å². The highest BCUT2D eigenvalue weighted by molar-refractivity contribution is 5.84. The topological polar surface area (TPSA) is 46.1 Å². The zero-order valence-corrected chi connectivity index (χ0v) is 8.81. The molecule has 1 aromatic rings. The monoisotopic (exact) mass is 204 g/mol. The molecule has 2 heterocycles. The van der Waals surface area contributed by atoms with Crippen molar-refractivity contribution in [2.45, 2.75) is 32.2 Å². The van der Waals surface area contributed by atoms with E-state index >= 15 is 0 Å². The summed E-state index contributed by atoms with van der Waals surface area (Å²) in [6, 6.07) is 1.82. The molecular weight excluding hydrogens is 190 g/mol. The van der Waals surface area contributed by atoms with Gasteiger partial charge in [0.25, 0.3) is 0 Å². The van der Waals surface area contributed by atoms with Crippen LogP contribution in [0.25, 0.3) is 0 Å². The van der Waals surface area contributed by atoms with Crippen LogP contribution in [0.1, 0.15) is 26.2 Å². The minimum absolute atomic E-state index is 0.0120. The predicted octanol–water partition coefficient (Wildman–Crippen LogP) is 1.22. The Balaban J connectivity index is 2.22. The Morgan fingerprint density at radius 3 is 3.13 bits per heavy atom. The van der Waals surface area contributed by atoms with Gasteiger partial charge in [-0.3, -0.25) is 4.79 Å². The van der Waals surface area contributed by atoms with Crippen LogP contribution in [0.4, 0.5) is 5.82 Å². The molecule has 1 aliphatic rings. The summed E-state index contributed by atoms with van der Waals surface area (Å²) in [5.41, 5.74) is 0. The highest BCUT2D eigenvalue weighted by Crippen LogP contribution is 2.22. The molecule has 4 heteroatoms. The van der Waals surface area contributed by atoms with Crippen LogP contribution in [0, 0.1) is 6.33 Å². The normalized spacial score (nSPS) is 21.4. The third kappa shape index (κ3) is 2.14. The zero-order chi connectivity index (χ0) is 10.7. The minimum atomic E-state index is -0.0120. The number of anilines is 1. The van der Waals surface area contributed by atoms with E-state index in [1.807, 2.05) is 6.07 Å². The SMILES string of the molecule is CC(=O)C1CCCCN1c1ccn[c]n1. The van der Waals surface area contributed by atoms with Crippen molar-refractivity contribution in [2.75, 3.05) is 11.4 Å². The third-order valence-corrected chi connectivity index (χ3v) is 2.79. The summed E-state index contributed by atoms with van der Waals surface area (Å²) in [5.74, 6) is 1.03. The average Bonchev–Trinajstić information content (AvgIpc) is 2.30. The van der Waals surface area contributed by atoms with E-state index in [0.717, 1.165) is 31.6 Å². The number of aromatic nitrogens is 2. The molecule has 2 rings (SSSR count). The van der Waals surface area contributed by atoms with E-state index in [1.54, 1.807) is 13.1 Å². The van der Waals surface area contributed by atoms with E-state index in [4.69, 9.17) is 0 Å². The summed E-state index contributed by atoms with van der Waals surface area (Å²) in [5, 5.41) is 0. The van der Waals surface area contributed by atoms with Gasteiger partial charge < -0.3 is 4.90 Å². The molecule has 0 saturated carbocycles. The smallest absolute Gasteiger partial charge is 0.199 e. The molecule has 79 valence electrons. The van der Waals surface area contributed by atoms with Gasteiger partial charge in [0.05, 0.1) is 6.04 Å². The fourth-order valence-corrected chi connectivity index (χ4v) is 2.04. The van der Waals surface area contributed by atoms with Gasteiger partial charge in [-0.2, -0.15) is 0 Å². The van der Waals surface area contributed by atoms with E-state index in [1.165, 1.54) is 0 Å². The summed E-state index contributed by atoms with van der Waals surface area (Å²) >= 11 is 0. The summed E-state index contributed by atoms with van der Waals surface area (Å²) in [7, 11) is 0. The van der Waals surface area contributed by atoms with Crippen LogP contribution in [-0.4, -0.2) is 28.3 Å². The molecule has 0 N–H and O–H groups in total. The lowest BCUT2D eigenvalue weighted by atomic mass is 9.99. The van der Waals surface area contributed by atoms with E-state index in [2.05, 4.69) is 21.2 Å². The molecule has 0 bridgehead atoms. The molecule has 0 spiro atoms. The van der Waals surface area contributed by atoms with Crippen molar-refractivity contribution in [3.8, 4) is 0 Å². The number of hydrogen-bond donors (Lipinski definition) is 0. The predicted molar refractivity (Wildman–Crippen MR) is 56.5 cm³/mol. The van der Waals surface area contributed by atoms with Gasteiger partial charge in [0.15, 0.2) is 12.1 Å². The second-order valence-electron chi connectivity index (χ2n) is 3.83. The van der Waals surface area contributed by atoms with Crippen molar-refractivity contribution in [2.24, 2.45) is 0 Å². The first kappa shape index (κ1) is 10.1. The lowest BCUT2D eigenvalue weighted by molar-refractivity contribution is -0.118. The van der Waals surface area contributed by atoms with Gasteiger partial charge in [-0.05, 0) is 32.3 Å². The number of nitrogens with zero attached hydrogens (tertiary/aromatic N) is 3. The van der Waals surface area contributed by atoms with Crippen molar-refractivity contribution in [3.63, 3.8) is 0 Å². The second-order valence-corrected chi connectivity index (χ2v) is 3.83. The van der Waals surface area contributed by atoms with Gasteiger partial charge in [-0.1, -0.05) is 0 Å². The Morgan fingerprint density at radius 1 is 1.60 bits per heavy atom. The summed E-state index contributed by atoms with van der Waals surface area (Å²) < 4.78 is 0. The lowest BCUT2D eigenvalue weighted by Gasteiger charge is -2.34. The van der Waals surface area contributed by atoms with Crippen molar-refractivity contribution in [1.29, 1.82) is 0 Å². The van der Waals surface area contributed by atoms with E-state index in [-0.39, 0.29) is 11.8 Å². The average molecular weight is 204 g/mol. The standard InChI is InChI=1S/C11H14N3O/c1-9(15)10-4-2-3-7-14(10)11-5-6-12-8-13-11/h5-6,10H,2-4,7H2,1H3. The lowest BCUT2D eigenvalue weighted by Crippen LogP contribution is -2.44. The number of ketones is 1. The van der Waals surface area contributed by atoms with Gasteiger partial charge in [0.2, 0.25) is 0 Å². The molecule has 1 aliphatic heterocycles. The summed E-state index contributed by atoms with van der Waals surface area (Å²) in [4.78, 5) is 21.4. The zero-order valence-electron chi connectivity index (χ0n) is 8.81. The van der Waals surface area contributed by atoms with E-state index < -0.39 is 0 Å². The highest BCUT2D eigenvalue weighted by Gasteiger charge is 2.26. The van der Waals surface area contributed by atoms with Crippen LogP contribution in [0.3, 0.4) is 0 Å². The molecule has 0 aromatic carbocycles. The molecule has 0 aliphatic carbocycles. The van der Waals surface area contributed by atoms with Crippen LogP contribution in [0.15, 0.2) is 12.3 Å². The number of rotatable bonds is 2. The quantitative estimate of drug-likeness (QED) is 0.726. The first-order valence-corrected chi connectivity index (χ1v) is 5.25. The second kappa shape index (κ2) is 4.38. The number of carbonyl (C=O) groups excluding carboxylic acids is 1.